The third kappa shape index (κ3) is 3.40. The van der Waals surface area contributed by atoms with Gasteiger partial charge in [-0.25, -0.2) is 0 Å². The van der Waals surface area contributed by atoms with Gasteiger partial charge in [-0.1, -0.05) is 55.3 Å². The van der Waals surface area contributed by atoms with Crippen LogP contribution in [0.1, 0.15) is 49.8 Å². The predicted octanol–water partition coefficient (Wildman–Crippen LogP) is 4.28. The highest BCUT2D eigenvalue weighted by Gasteiger charge is 2.42. The van der Waals surface area contributed by atoms with Crippen LogP contribution >= 0.6 is 0 Å². The number of non-ortho nitro benzene ring substituents is 1. The number of nitro benzene ring substituents is 1. The van der Waals surface area contributed by atoms with E-state index in [-0.39, 0.29) is 17.6 Å². The van der Waals surface area contributed by atoms with Crippen molar-refractivity contribution in [3.8, 4) is 0 Å². The Morgan fingerprint density at radius 1 is 1.12 bits per heavy atom. The molecule has 1 saturated carbocycles. The number of nitrogens with one attached hydrogen (secondary N) is 1. The molecular weight excluding hydrogens is 316 g/mol. The van der Waals surface area contributed by atoms with Gasteiger partial charge in [0, 0.05) is 12.1 Å². The van der Waals surface area contributed by atoms with Gasteiger partial charge in [-0.2, -0.15) is 0 Å². The lowest BCUT2D eigenvalue weighted by Crippen LogP contribution is -2.43. The van der Waals surface area contributed by atoms with E-state index in [1.807, 2.05) is 43.3 Å². The summed E-state index contributed by atoms with van der Waals surface area (Å²) in [6, 6.07) is 16.1. The predicted molar refractivity (Wildman–Crippen MR) is 96.2 cm³/mol. The maximum atomic E-state index is 13.1. The van der Waals surface area contributed by atoms with Gasteiger partial charge >= 0.3 is 0 Å². The first-order valence-corrected chi connectivity index (χ1v) is 8.64. The molecule has 0 saturated heterocycles. The first-order valence-electron chi connectivity index (χ1n) is 8.64. The molecule has 2 aromatic rings. The van der Waals surface area contributed by atoms with Crippen molar-refractivity contribution in [2.24, 2.45) is 0 Å². The molecule has 0 bridgehead atoms. The van der Waals surface area contributed by atoms with E-state index < -0.39 is 10.3 Å². The Hall–Kier alpha value is -2.69. The number of nitro groups is 1. The van der Waals surface area contributed by atoms with Crippen LogP contribution in [0.15, 0.2) is 54.6 Å². The topological polar surface area (TPSA) is 72.2 Å². The van der Waals surface area contributed by atoms with Crippen molar-refractivity contribution in [2.45, 2.75) is 44.1 Å². The Balaban J connectivity index is 1.82. The minimum atomic E-state index is -0.490. The van der Waals surface area contributed by atoms with Gasteiger partial charge in [-0.05, 0) is 30.9 Å². The summed E-state index contributed by atoms with van der Waals surface area (Å²) in [5.41, 5.74) is 1.34. The molecule has 0 aromatic heterocycles. The summed E-state index contributed by atoms with van der Waals surface area (Å²) in [6.45, 7) is 1.87. The summed E-state index contributed by atoms with van der Waals surface area (Å²) in [4.78, 5) is 23.7. The SMILES string of the molecule is CC(NC(=O)C1(c2ccccc2)CCCC1)c1cccc([N+](=O)[O-])c1. The smallest absolute Gasteiger partial charge is 0.269 e. The third-order valence-electron chi connectivity index (χ3n) is 5.15. The molecule has 2 aromatic carbocycles. The Labute approximate surface area is 147 Å². The van der Waals surface area contributed by atoms with E-state index in [1.54, 1.807) is 6.07 Å². The number of carbonyl (C=O) groups excluding carboxylic acids is 1. The number of hydrogen-bond donors (Lipinski definition) is 1. The summed E-state index contributed by atoms with van der Waals surface area (Å²) in [5.74, 6) is 0.00945. The van der Waals surface area contributed by atoms with Crippen molar-refractivity contribution in [2.75, 3.05) is 0 Å². The fraction of sp³-hybridized carbons (Fsp3) is 0.350. The van der Waals surface area contributed by atoms with Gasteiger partial charge in [0.15, 0.2) is 0 Å². The standard InChI is InChI=1S/C20H22N2O3/c1-15(16-8-7-11-18(14-16)22(24)25)21-19(23)20(12-5-6-13-20)17-9-3-2-4-10-17/h2-4,7-11,14-15H,5-6,12-13H2,1H3,(H,21,23). The maximum Gasteiger partial charge on any atom is 0.269 e. The molecule has 5 heteroatoms. The Bertz CT molecular complexity index is 768. The maximum absolute atomic E-state index is 13.1. The number of rotatable bonds is 5. The Morgan fingerprint density at radius 3 is 2.44 bits per heavy atom. The van der Waals surface area contributed by atoms with Crippen LogP contribution < -0.4 is 5.32 Å². The van der Waals surface area contributed by atoms with Gasteiger partial charge in [-0.15, -0.1) is 0 Å². The quantitative estimate of drug-likeness (QED) is 0.653. The van der Waals surface area contributed by atoms with Crippen molar-refractivity contribution in [3.05, 3.63) is 75.8 Å². The van der Waals surface area contributed by atoms with Crippen molar-refractivity contribution in [1.82, 2.24) is 5.32 Å². The molecular formula is C20H22N2O3. The molecule has 0 aliphatic heterocycles. The van der Waals surface area contributed by atoms with Gasteiger partial charge in [0.05, 0.1) is 16.4 Å². The van der Waals surface area contributed by atoms with Gasteiger partial charge in [0.2, 0.25) is 5.91 Å². The van der Waals surface area contributed by atoms with Gasteiger partial charge < -0.3 is 5.32 Å². The van der Waals surface area contributed by atoms with E-state index >= 15 is 0 Å². The number of amides is 1. The Morgan fingerprint density at radius 2 is 1.80 bits per heavy atom. The van der Waals surface area contributed by atoms with Gasteiger partial charge in [-0.3, -0.25) is 14.9 Å². The monoisotopic (exact) mass is 338 g/mol. The van der Waals surface area contributed by atoms with Crippen LogP contribution in [0.5, 0.6) is 0 Å². The lowest BCUT2D eigenvalue weighted by Gasteiger charge is -2.30. The lowest BCUT2D eigenvalue weighted by molar-refractivity contribution is -0.384. The number of hydrogen-bond acceptors (Lipinski definition) is 3. The molecule has 1 aliphatic carbocycles. The van der Waals surface area contributed by atoms with Gasteiger partial charge in [0.1, 0.15) is 0 Å². The highest BCUT2D eigenvalue weighted by atomic mass is 16.6. The molecule has 0 spiro atoms. The molecule has 1 amide bonds. The van der Waals surface area contributed by atoms with Crippen LogP contribution in [0.4, 0.5) is 5.69 Å². The normalized spacial score (nSPS) is 17.0. The van der Waals surface area contributed by atoms with E-state index in [9.17, 15) is 14.9 Å². The molecule has 0 radical (unpaired) electrons. The largest absolute Gasteiger partial charge is 0.349 e. The molecule has 1 fully saturated rings. The zero-order chi connectivity index (χ0) is 17.9. The fourth-order valence-electron chi connectivity index (χ4n) is 3.71. The summed E-state index contributed by atoms with van der Waals surface area (Å²) in [6.07, 6.45) is 3.75. The highest BCUT2D eigenvalue weighted by molar-refractivity contribution is 5.89. The van der Waals surface area contributed by atoms with Crippen LogP contribution in [0.25, 0.3) is 0 Å². The number of nitrogens with zero attached hydrogens (tertiary/aromatic N) is 1. The second-order valence-electron chi connectivity index (χ2n) is 6.70. The summed E-state index contributed by atoms with van der Waals surface area (Å²) in [5, 5.41) is 14.0. The van der Waals surface area contributed by atoms with Crippen molar-refractivity contribution >= 4 is 11.6 Å². The van der Waals surface area contributed by atoms with E-state index in [4.69, 9.17) is 0 Å². The van der Waals surface area contributed by atoms with Crippen LogP contribution in [0.3, 0.4) is 0 Å². The average molecular weight is 338 g/mol. The lowest BCUT2D eigenvalue weighted by atomic mass is 9.77. The molecule has 5 nitrogen and oxygen atoms in total. The molecule has 1 aliphatic rings. The molecule has 0 heterocycles. The second kappa shape index (κ2) is 7.05. The van der Waals surface area contributed by atoms with Gasteiger partial charge in [0.25, 0.3) is 5.69 Å². The van der Waals surface area contributed by atoms with E-state index in [1.165, 1.54) is 12.1 Å². The average Bonchev–Trinajstić information content (AvgIpc) is 3.13. The van der Waals surface area contributed by atoms with E-state index in [2.05, 4.69) is 5.32 Å². The van der Waals surface area contributed by atoms with Crippen molar-refractivity contribution in [3.63, 3.8) is 0 Å². The van der Waals surface area contributed by atoms with Crippen LogP contribution in [0.2, 0.25) is 0 Å². The third-order valence-corrected chi connectivity index (χ3v) is 5.15. The first kappa shape index (κ1) is 17.1. The molecule has 1 atom stereocenters. The van der Waals surface area contributed by atoms with Crippen molar-refractivity contribution < 1.29 is 9.72 Å². The van der Waals surface area contributed by atoms with E-state index in [0.29, 0.717) is 0 Å². The molecule has 1 unspecified atom stereocenters. The minimum absolute atomic E-state index is 0.00945. The zero-order valence-electron chi connectivity index (χ0n) is 14.3. The minimum Gasteiger partial charge on any atom is -0.349 e. The number of benzene rings is 2. The summed E-state index contributed by atoms with van der Waals surface area (Å²) < 4.78 is 0. The second-order valence-corrected chi connectivity index (χ2v) is 6.70. The van der Waals surface area contributed by atoms with Crippen LogP contribution in [0, 0.1) is 10.1 Å². The first-order chi connectivity index (χ1) is 12.0. The van der Waals surface area contributed by atoms with Crippen molar-refractivity contribution in [1.29, 1.82) is 0 Å². The highest BCUT2D eigenvalue weighted by Crippen LogP contribution is 2.41. The zero-order valence-corrected chi connectivity index (χ0v) is 14.3. The molecule has 1 N–H and O–H groups in total. The molecule has 130 valence electrons. The molecule has 3 rings (SSSR count). The van der Waals surface area contributed by atoms with Crippen LogP contribution in [-0.2, 0) is 10.2 Å². The van der Waals surface area contributed by atoms with E-state index in [0.717, 1.165) is 36.8 Å². The summed E-state index contributed by atoms with van der Waals surface area (Å²) >= 11 is 0. The fourth-order valence-corrected chi connectivity index (χ4v) is 3.71. The Kier molecular flexibility index (Phi) is 4.83. The van der Waals surface area contributed by atoms with Crippen LogP contribution in [-0.4, -0.2) is 10.8 Å². The number of carbonyl (C=O) groups is 1. The molecule has 25 heavy (non-hydrogen) atoms. The summed E-state index contributed by atoms with van der Waals surface area (Å²) in [7, 11) is 0.